The smallest absolute Gasteiger partial charge is 0.328 e. The number of carbonyl (C=O) groups is 2. The molecule has 0 aliphatic carbocycles. The Hall–Kier alpha value is -1.15. The molecule has 3 N–H and O–H groups in total. The number of carboxylic acids is 2. The van der Waals surface area contributed by atoms with Crippen LogP contribution in [-0.2, 0) is 19.7 Å². The van der Waals surface area contributed by atoms with Gasteiger partial charge in [-0.25, -0.2) is 0 Å². The Morgan fingerprint density at radius 3 is 1.79 bits per heavy atom. The first-order chi connectivity index (χ1) is 6.17. The molecule has 0 saturated carbocycles. The fraction of sp³-hybridized carbons (Fsp3) is 0.667. The average Bonchev–Trinajstić information content (AvgIpc) is 1.96. The summed E-state index contributed by atoms with van der Waals surface area (Å²) in [6.07, 6.45) is -1.69. The van der Waals surface area contributed by atoms with Crippen molar-refractivity contribution in [2.75, 3.05) is 0 Å². The molecule has 1 atom stereocenters. The van der Waals surface area contributed by atoms with Gasteiger partial charge in [0.05, 0.1) is 6.42 Å². The molecule has 82 valence electrons. The van der Waals surface area contributed by atoms with Gasteiger partial charge in [-0.2, -0.15) is 8.42 Å². The number of rotatable bonds is 5. The standard InChI is InChI=1S/C6H10O7S/c1-2-6(5(9)10,3-4(7)8)14(11,12)13/h2-3H2,1H3,(H,7,8)(H,9,10)(H,11,12,13). The Labute approximate surface area is 80.1 Å². The van der Waals surface area contributed by atoms with E-state index in [1.807, 2.05) is 0 Å². The molecule has 1 unspecified atom stereocenters. The third-order valence-electron chi connectivity index (χ3n) is 1.89. The van der Waals surface area contributed by atoms with E-state index in [2.05, 4.69) is 0 Å². The van der Waals surface area contributed by atoms with Crippen molar-refractivity contribution in [2.45, 2.75) is 24.5 Å². The van der Waals surface area contributed by atoms with Crippen molar-refractivity contribution < 1.29 is 32.8 Å². The van der Waals surface area contributed by atoms with Gasteiger partial charge in [0.1, 0.15) is 0 Å². The van der Waals surface area contributed by atoms with E-state index in [4.69, 9.17) is 14.8 Å². The maximum Gasteiger partial charge on any atom is 0.328 e. The fourth-order valence-corrected chi connectivity index (χ4v) is 1.87. The number of hydrogen-bond acceptors (Lipinski definition) is 4. The molecule has 8 heteroatoms. The van der Waals surface area contributed by atoms with Gasteiger partial charge in [-0.1, -0.05) is 6.92 Å². The van der Waals surface area contributed by atoms with Gasteiger partial charge in [0.2, 0.25) is 4.75 Å². The van der Waals surface area contributed by atoms with Crippen LogP contribution in [0.1, 0.15) is 19.8 Å². The van der Waals surface area contributed by atoms with E-state index in [0.29, 0.717) is 0 Å². The second kappa shape index (κ2) is 3.93. The molecular formula is C6H10O7S. The van der Waals surface area contributed by atoms with Crippen LogP contribution in [0.25, 0.3) is 0 Å². The Balaban J connectivity index is 5.44. The van der Waals surface area contributed by atoms with Crippen LogP contribution in [0.4, 0.5) is 0 Å². The summed E-state index contributed by atoms with van der Waals surface area (Å²) in [7, 11) is -4.95. The average molecular weight is 226 g/mol. The molecule has 0 fully saturated rings. The third-order valence-corrected chi connectivity index (χ3v) is 3.49. The van der Waals surface area contributed by atoms with Gasteiger partial charge >= 0.3 is 11.9 Å². The second-order valence-electron chi connectivity index (χ2n) is 2.70. The Kier molecular flexibility index (Phi) is 3.60. The molecule has 0 aliphatic heterocycles. The predicted octanol–water partition coefficient (Wildman–Crippen LogP) is -0.418. The lowest BCUT2D eigenvalue weighted by Gasteiger charge is -2.22. The summed E-state index contributed by atoms with van der Waals surface area (Å²) >= 11 is 0. The molecule has 0 aromatic heterocycles. The zero-order chi connectivity index (χ0) is 11.6. The van der Waals surface area contributed by atoms with Crippen LogP contribution >= 0.6 is 0 Å². The highest BCUT2D eigenvalue weighted by atomic mass is 32.2. The van der Waals surface area contributed by atoms with Crippen LogP contribution in [0.2, 0.25) is 0 Å². The highest BCUT2D eigenvalue weighted by molar-refractivity contribution is 7.88. The first-order valence-corrected chi connectivity index (χ1v) is 5.03. The van der Waals surface area contributed by atoms with Gasteiger partial charge in [0.25, 0.3) is 10.1 Å². The summed E-state index contributed by atoms with van der Waals surface area (Å²) in [5.74, 6) is -3.48. The van der Waals surface area contributed by atoms with Crippen molar-refractivity contribution in [3.63, 3.8) is 0 Å². The molecule has 14 heavy (non-hydrogen) atoms. The minimum atomic E-state index is -4.95. The third kappa shape index (κ3) is 2.20. The second-order valence-corrected chi connectivity index (χ2v) is 4.43. The minimum Gasteiger partial charge on any atom is -0.481 e. The van der Waals surface area contributed by atoms with Crippen LogP contribution in [0.15, 0.2) is 0 Å². The lowest BCUT2D eigenvalue weighted by Crippen LogP contribution is -2.47. The molecule has 0 heterocycles. The van der Waals surface area contributed by atoms with Gasteiger partial charge in [0, 0.05) is 0 Å². The zero-order valence-corrected chi connectivity index (χ0v) is 8.11. The van der Waals surface area contributed by atoms with E-state index in [0.717, 1.165) is 0 Å². The first kappa shape index (κ1) is 12.8. The number of carboxylic acid groups (broad SMARTS) is 2. The van der Waals surface area contributed by atoms with Crippen molar-refractivity contribution in [1.82, 2.24) is 0 Å². The van der Waals surface area contributed by atoms with Crippen LogP contribution in [-0.4, -0.2) is 39.9 Å². The summed E-state index contributed by atoms with van der Waals surface area (Å²) in [4.78, 5) is 20.9. The molecule has 0 aromatic rings. The summed E-state index contributed by atoms with van der Waals surface area (Å²) < 4.78 is 27.6. The fourth-order valence-electron chi connectivity index (χ4n) is 0.980. The van der Waals surface area contributed by atoms with Crippen molar-refractivity contribution in [1.29, 1.82) is 0 Å². The zero-order valence-electron chi connectivity index (χ0n) is 7.30. The first-order valence-electron chi connectivity index (χ1n) is 3.59. The highest BCUT2D eigenvalue weighted by Gasteiger charge is 2.50. The van der Waals surface area contributed by atoms with Crippen molar-refractivity contribution in [2.24, 2.45) is 0 Å². The van der Waals surface area contributed by atoms with Crippen molar-refractivity contribution in [3.05, 3.63) is 0 Å². The molecule has 7 nitrogen and oxygen atoms in total. The topological polar surface area (TPSA) is 129 Å². The van der Waals surface area contributed by atoms with Crippen molar-refractivity contribution in [3.8, 4) is 0 Å². The Morgan fingerprint density at radius 1 is 1.29 bits per heavy atom. The SMILES string of the molecule is CCC(CC(=O)O)(C(=O)O)S(=O)(=O)O. The molecule has 0 aliphatic rings. The number of aliphatic carboxylic acids is 2. The van der Waals surface area contributed by atoms with Gasteiger partial charge in [-0.05, 0) is 6.42 Å². The van der Waals surface area contributed by atoms with E-state index in [1.54, 1.807) is 0 Å². The summed E-state index contributed by atoms with van der Waals surface area (Å²) in [5.41, 5.74) is 0. The Morgan fingerprint density at radius 2 is 1.71 bits per heavy atom. The van der Waals surface area contributed by atoms with E-state index in [1.165, 1.54) is 6.92 Å². The maximum absolute atomic E-state index is 10.8. The molecule has 0 spiro atoms. The number of hydrogen-bond donors (Lipinski definition) is 3. The largest absolute Gasteiger partial charge is 0.481 e. The molecule has 0 saturated heterocycles. The van der Waals surface area contributed by atoms with Crippen molar-refractivity contribution >= 4 is 22.1 Å². The van der Waals surface area contributed by atoms with E-state index in [9.17, 15) is 18.0 Å². The van der Waals surface area contributed by atoms with Crippen LogP contribution in [0.5, 0.6) is 0 Å². The summed E-state index contributed by atoms with van der Waals surface area (Å²) in [6, 6.07) is 0. The van der Waals surface area contributed by atoms with Crippen LogP contribution < -0.4 is 0 Å². The molecule has 0 rings (SSSR count). The van der Waals surface area contributed by atoms with Gasteiger partial charge < -0.3 is 10.2 Å². The molecule has 0 radical (unpaired) electrons. The lowest BCUT2D eigenvalue weighted by atomic mass is 10.0. The summed E-state index contributed by atoms with van der Waals surface area (Å²) in [5, 5.41) is 17.0. The molecule has 0 aromatic carbocycles. The van der Waals surface area contributed by atoms with Gasteiger partial charge in [0.15, 0.2) is 0 Å². The van der Waals surface area contributed by atoms with E-state index >= 15 is 0 Å². The molecule has 0 amide bonds. The van der Waals surface area contributed by atoms with E-state index in [-0.39, 0.29) is 0 Å². The highest BCUT2D eigenvalue weighted by Crippen LogP contribution is 2.25. The van der Waals surface area contributed by atoms with Crippen LogP contribution in [0, 0.1) is 0 Å². The predicted molar refractivity (Wildman–Crippen MR) is 44.5 cm³/mol. The van der Waals surface area contributed by atoms with Gasteiger partial charge in [-0.3, -0.25) is 14.1 Å². The molecular weight excluding hydrogens is 216 g/mol. The van der Waals surface area contributed by atoms with Gasteiger partial charge in [-0.15, -0.1) is 0 Å². The normalized spacial score (nSPS) is 15.9. The van der Waals surface area contributed by atoms with E-state index < -0.39 is 39.6 Å². The van der Waals surface area contributed by atoms with Crippen LogP contribution in [0.3, 0.4) is 0 Å². The Bertz CT molecular complexity index is 343. The lowest BCUT2D eigenvalue weighted by molar-refractivity contribution is -0.147. The minimum absolute atomic E-state index is 0.520. The maximum atomic E-state index is 10.8. The molecule has 0 bridgehead atoms. The monoisotopic (exact) mass is 226 g/mol. The summed E-state index contributed by atoms with van der Waals surface area (Å²) in [6.45, 7) is 1.17. The quantitative estimate of drug-likeness (QED) is 0.543.